The number of para-hydroxylation sites is 12. The molecule has 0 bridgehead atoms. The highest BCUT2D eigenvalue weighted by Crippen LogP contribution is 2.57. The second-order valence-electron chi connectivity index (χ2n) is 26.2. The zero-order chi connectivity index (χ0) is 63.8. The van der Waals surface area contributed by atoms with Crippen LogP contribution < -0.4 is 35.7 Å². The number of benzene rings is 15. The second kappa shape index (κ2) is 20.2. The number of rotatable bonds is 3. The molecular formula is C90H54BN5O2. The molecular weight excluding hydrogens is 1190 g/mol. The minimum Gasteiger partial charge on any atom is -0.456 e. The predicted molar refractivity (Wildman–Crippen MR) is 405 cm³/mol. The highest BCUT2D eigenvalue weighted by molar-refractivity contribution is 7.00. The molecule has 7 heterocycles. The lowest BCUT2D eigenvalue weighted by Gasteiger charge is -2.47. The lowest BCUT2D eigenvalue weighted by atomic mass is 9.33. The van der Waals surface area contributed by atoms with E-state index in [-0.39, 0.29) is 0 Å². The third-order valence-electron chi connectivity index (χ3n) is 21.2. The first-order valence-corrected chi connectivity index (χ1v) is 33.7. The lowest BCUT2D eigenvalue weighted by Crippen LogP contribution is -2.62. The standard InChI is InChI=1S/C90H54BN5O2/c1-13-37-74-58(25-1)59-26-2-14-38-75(59)92(74)55-49-70-68-35-11-23-47-86(68)97-84-45-21-9-33-66(84)64-31-7-19-43-80(64)95-82-53-57(94-78-41-17-5-29-62(78)63-30-6-18-42-79(63)94)54-83-88(82)91(72(51-55)89(70)95)73-52-56(93-76-39-15-3-27-60(76)61-28-4-16-40-77(61)93)50-71-69-36-12-24-48-87(69)98-85-46-22-10-34-67(85)65-32-8-20-44-81(65)96(83)90(71)73/h1-54H. The molecule has 0 saturated heterocycles. The second-order valence-corrected chi connectivity index (χ2v) is 26.2. The maximum atomic E-state index is 7.46. The van der Waals surface area contributed by atoms with Crippen LogP contribution in [-0.4, -0.2) is 20.4 Å². The molecule has 0 spiro atoms. The van der Waals surface area contributed by atoms with Gasteiger partial charge in [0.05, 0.1) is 50.2 Å². The van der Waals surface area contributed by atoms with Crippen LogP contribution in [-0.2, 0) is 0 Å². The molecule has 0 atom stereocenters. The Kier molecular flexibility index (Phi) is 11.0. The number of hydrogen-bond donors (Lipinski definition) is 0. The van der Waals surface area contributed by atoms with Crippen molar-refractivity contribution in [2.45, 2.75) is 0 Å². The van der Waals surface area contributed by atoms with E-state index >= 15 is 0 Å². The van der Waals surface area contributed by atoms with Gasteiger partial charge in [-0.2, -0.15) is 0 Å². The van der Waals surface area contributed by atoms with Gasteiger partial charge in [0, 0.05) is 111 Å². The van der Waals surface area contributed by atoms with Gasteiger partial charge in [-0.05, 0) is 126 Å². The summed E-state index contributed by atoms with van der Waals surface area (Å²) in [6.07, 6.45) is 0. The molecule has 0 saturated carbocycles. The average Bonchev–Trinajstić information content (AvgIpc) is 0.780. The Hall–Kier alpha value is -13.0. The summed E-state index contributed by atoms with van der Waals surface area (Å²) in [5.74, 6) is 3.08. The molecule has 18 aromatic rings. The van der Waals surface area contributed by atoms with E-state index in [0.717, 1.165) is 163 Å². The van der Waals surface area contributed by atoms with Crippen molar-refractivity contribution in [3.63, 3.8) is 0 Å². The van der Waals surface area contributed by atoms with Crippen LogP contribution in [0, 0.1) is 0 Å². The zero-order valence-corrected chi connectivity index (χ0v) is 52.8. The van der Waals surface area contributed by atoms with Crippen LogP contribution >= 0.6 is 0 Å². The molecule has 0 amide bonds. The quantitative estimate of drug-likeness (QED) is 0.165. The van der Waals surface area contributed by atoms with Crippen LogP contribution in [0.2, 0.25) is 0 Å². The number of aromatic nitrogens is 3. The molecule has 98 heavy (non-hydrogen) atoms. The minimum atomic E-state index is -0.422. The van der Waals surface area contributed by atoms with Crippen LogP contribution in [0.25, 0.3) is 127 Å². The van der Waals surface area contributed by atoms with Crippen LogP contribution in [0.1, 0.15) is 0 Å². The van der Waals surface area contributed by atoms with Crippen LogP contribution in [0.15, 0.2) is 328 Å². The van der Waals surface area contributed by atoms with Gasteiger partial charge in [-0.1, -0.05) is 218 Å². The Labute approximate surface area is 564 Å². The Morgan fingerprint density at radius 2 is 0.469 bits per heavy atom. The Bertz CT molecular complexity index is 6020. The fourth-order valence-electron chi connectivity index (χ4n) is 17.3. The SMILES string of the molecule is c1ccc2c(c1)Oc1ccccc1-c1cc(-n3c4ccccc4c4ccccc43)cc3c1N(c1ccccc1-2)c1cc(-n2c4ccccc4c4ccccc42)cc2c1B3c1cc(-n3c4ccccc4c4ccccc43)cc3c1N2c1ccccc1-c1ccccc1Oc1ccccc1-3. The first kappa shape index (κ1) is 53.3. The average molecular weight is 1250 g/mol. The molecule has 15 aromatic carbocycles. The van der Waals surface area contributed by atoms with E-state index in [4.69, 9.17) is 9.47 Å². The van der Waals surface area contributed by atoms with E-state index in [1.165, 1.54) is 37.8 Å². The van der Waals surface area contributed by atoms with E-state index < -0.39 is 6.71 Å². The maximum Gasteiger partial charge on any atom is 0.252 e. The van der Waals surface area contributed by atoms with Crippen LogP contribution in [0.5, 0.6) is 23.0 Å². The Morgan fingerprint density at radius 3 is 0.796 bits per heavy atom. The monoisotopic (exact) mass is 1250 g/mol. The van der Waals surface area contributed by atoms with Gasteiger partial charge in [-0.3, -0.25) is 0 Å². The summed E-state index contributed by atoms with van der Waals surface area (Å²) in [5, 5.41) is 7.16. The molecule has 0 unspecified atom stereocenters. The summed E-state index contributed by atoms with van der Waals surface area (Å²) in [6, 6.07) is 121. The molecule has 7 nitrogen and oxygen atoms in total. The van der Waals surface area contributed by atoms with Crippen LogP contribution in [0.4, 0.5) is 34.1 Å². The molecule has 454 valence electrons. The number of ether oxygens (including phenoxy) is 2. The molecule has 0 N–H and O–H groups in total. The number of hydrogen-bond acceptors (Lipinski definition) is 4. The molecule has 22 rings (SSSR count). The van der Waals surface area contributed by atoms with Crippen molar-refractivity contribution in [3.05, 3.63) is 328 Å². The lowest BCUT2D eigenvalue weighted by molar-refractivity contribution is 0.486. The first-order valence-electron chi connectivity index (χ1n) is 33.7. The number of fused-ring (bicyclic) bond motifs is 25. The van der Waals surface area contributed by atoms with Crippen LogP contribution in [0.3, 0.4) is 0 Å². The molecule has 3 aromatic heterocycles. The minimum absolute atomic E-state index is 0.422. The third-order valence-corrected chi connectivity index (χ3v) is 21.2. The summed E-state index contributed by atoms with van der Waals surface area (Å²) in [4.78, 5) is 5.30. The van der Waals surface area contributed by atoms with Crippen molar-refractivity contribution in [1.82, 2.24) is 13.7 Å². The van der Waals surface area contributed by atoms with E-state index in [2.05, 4.69) is 351 Å². The van der Waals surface area contributed by atoms with Crippen molar-refractivity contribution in [1.29, 1.82) is 0 Å². The van der Waals surface area contributed by atoms with Gasteiger partial charge >= 0.3 is 0 Å². The van der Waals surface area contributed by atoms with E-state index in [1.54, 1.807) is 0 Å². The highest BCUT2D eigenvalue weighted by Gasteiger charge is 2.48. The van der Waals surface area contributed by atoms with Crippen molar-refractivity contribution < 1.29 is 9.47 Å². The zero-order valence-electron chi connectivity index (χ0n) is 52.8. The van der Waals surface area contributed by atoms with Crippen molar-refractivity contribution in [2.24, 2.45) is 0 Å². The molecule has 0 fully saturated rings. The van der Waals surface area contributed by atoms with Crippen molar-refractivity contribution in [2.75, 3.05) is 9.80 Å². The number of nitrogens with zero attached hydrogens (tertiary/aromatic N) is 5. The molecule has 4 aliphatic heterocycles. The Morgan fingerprint density at radius 1 is 0.214 bits per heavy atom. The van der Waals surface area contributed by atoms with Crippen molar-refractivity contribution >= 4 is 123 Å². The van der Waals surface area contributed by atoms with Gasteiger partial charge in [-0.15, -0.1) is 0 Å². The normalized spacial score (nSPS) is 13.0. The fourth-order valence-corrected chi connectivity index (χ4v) is 17.3. The van der Waals surface area contributed by atoms with E-state index in [1.807, 2.05) is 0 Å². The van der Waals surface area contributed by atoms with Gasteiger partial charge in [0.15, 0.2) is 0 Å². The highest BCUT2D eigenvalue weighted by atomic mass is 16.5. The molecule has 0 radical (unpaired) electrons. The summed E-state index contributed by atoms with van der Waals surface area (Å²) in [5.41, 5.74) is 27.8. The smallest absolute Gasteiger partial charge is 0.252 e. The summed E-state index contributed by atoms with van der Waals surface area (Å²) in [7, 11) is 0. The summed E-state index contributed by atoms with van der Waals surface area (Å²) in [6.45, 7) is -0.422. The van der Waals surface area contributed by atoms with Gasteiger partial charge < -0.3 is 33.0 Å². The molecule has 4 aliphatic rings. The largest absolute Gasteiger partial charge is 0.456 e. The van der Waals surface area contributed by atoms with Gasteiger partial charge in [0.2, 0.25) is 0 Å². The van der Waals surface area contributed by atoms with Gasteiger partial charge in [0.25, 0.3) is 6.71 Å². The predicted octanol–water partition coefficient (Wildman–Crippen LogP) is 21.9. The van der Waals surface area contributed by atoms with Crippen molar-refractivity contribution in [3.8, 4) is 84.6 Å². The summed E-state index contributed by atoms with van der Waals surface area (Å²) >= 11 is 0. The maximum absolute atomic E-state index is 7.46. The topological polar surface area (TPSA) is 39.7 Å². The van der Waals surface area contributed by atoms with E-state index in [9.17, 15) is 0 Å². The third kappa shape index (κ3) is 7.37. The first-order chi connectivity index (χ1) is 48.7. The molecule has 0 aliphatic carbocycles. The van der Waals surface area contributed by atoms with E-state index in [0.29, 0.717) is 0 Å². The van der Waals surface area contributed by atoms with Gasteiger partial charge in [0.1, 0.15) is 23.0 Å². The molecule has 8 heteroatoms. The summed E-state index contributed by atoms with van der Waals surface area (Å²) < 4.78 is 22.4. The number of anilines is 6. The van der Waals surface area contributed by atoms with Gasteiger partial charge in [-0.25, -0.2) is 0 Å². The fraction of sp³-hybridized carbons (Fsp3) is 0. The Balaban J connectivity index is 0.987.